The molecule has 0 spiro atoms. The van der Waals surface area contributed by atoms with Gasteiger partial charge in [-0.05, 0) is 22.4 Å². The number of fused-ring (bicyclic) bond motifs is 1. The van der Waals surface area contributed by atoms with Crippen molar-refractivity contribution in [1.82, 2.24) is 4.72 Å². The van der Waals surface area contributed by atoms with E-state index in [1.165, 1.54) is 0 Å². The van der Waals surface area contributed by atoms with E-state index in [1.54, 1.807) is 6.07 Å². The van der Waals surface area contributed by atoms with Crippen LogP contribution in [0.3, 0.4) is 0 Å². The van der Waals surface area contributed by atoms with Gasteiger partial charge in [0.1, 0.15) is 0 Å². The zero-order valence-electron chi connectivity index (χ0n) is 9.58. The fourth-order valence-electron chi connectivity index (χ4n) is 1.73. The first kappa shape index (κ1) is 13.0. The normalized spacial score (nSPS) is 13.7. The summed E-state index contributed by atoms with van der Waals surface area (Å²) in [5.41, 5.74) is 0.643. The van der Waals surface area contributed by atoms with Gasteiger partial charge in [-0.2, -0.15) is 13.1 Å². The SMILES string of the molecule is NS(=O)(=O)NCC(O)c1ccc2ccccc2c1. The van der Waals surface area contributed by atoms with Crippen LogP contribution in [0.15, 0.2) is 42.5 Å². The minimum atomic E-state index is -3.78. The summed E-state index contributed by atoms with van der Waals surface area (Å²) < 4.78 is 23.5. The molecule has 0 fully saturated rings. The lowest BCUT2D eigenvalue weighted by Crippen LogP contribution is -2.34. The van der Waals surface area contributed by atoms with Gasteiger partial charge in [0.25, 0.3) is 10.2 Å². The van der Waals surface area contributed by atoms with Gasteiger partial charge in [-0.15, -0.1) is 0 Å². The molecule has 2 aromatic carbocycles. The van der Waals surface area contributed by atoms with Crippen LogP contribution >= 0.6 is 0 Å². The van der Waals surface area contributed by atoms with Crippen LogP contribution in [0.2, 0.25) is 0 Å². The maximum atomic E-state index is 10.7. The third-order valence-electron chi connectivity index (χ3n) is 2.64. The Morgan fingerprint density at radius 2 is 1.83 bits per heavy atom. The minimum Gasteiger partial charge on any atom is -0.387 e. The predicted octanol–water partition coefficient (Wildman–Crippen LogP) is 0.666. The number of benzene rings is 2. The number of nitrogens with one attached hydrogen (secondary N) is 1. The molecule has 5 nitrogen and oxygen atoms in total. The number of aliphatic hydroxyl groups excluding tert-OH is 1. The van der Waals surface area contributed by atoms with Crippen LogP contribution in [-0.4, -0.2) is 20.1 Å². The molecule has 0 saturated carbocycles. The van der Waals surface area contributed by atoms with Gasteiger partial charge in [0, 0.05) is 6.54 Å². The Kier molecular flexibility index (Phi) is 3.63. The van der Waals surface area contributed by atoms with Crippen molar-refractivity contribution in [3.63, 3.8) is 0 Å². The highest BCUT2D eigenvalue weighted by Gasteiger charge is 2.10. The largest absolute Gasteiger partial charge is 0.387 e. The Bertz CT molecular complexity index is 655. The molecule has 0 amide bonds. The van der Waals surface area contributed by atoms with Crippen LogP contribution < -0.4 is 9.86 Å². The van der Waals surface area contributed by atoms with Gasteiger partial charge in [-0.25, -0.2) is 5.14 Å². The Morgan fingerprint density at radius 3 is 2.50 bits per heavy atom. The molecule has 4 N–H and O–H groups in total. The predicted molar refractivity (Wildman–Crippen MR) is 70.0 cm³/mol. The molecular weight excluding hydrogens is 252 g/mol. The van der Waals surface area contributed by atoms with Crippen LogP contribution in [0.5, 0.6) is 0 Å². The Balaban J connectivity index is 2.20. The maximum absolute atomic E-state index is 10.7. The van der Waals surface area contributed by atoms with Crippen molar-refractivity contribution in [2.24, 2.45) is 5.14 Å². The highest BCUT2D eigenvalue weighted by atomic mass is 32.2. The lowest BCUT2D eigenvalue weighted by molar-refractivity contribution is 0.182. The van der Waals surface area contributed by atoms with Crippen molar-refractivity contribution < 1.29 is 13.5 Å². The van der Waals surface area contributed by atoms with Crippen LogP contribution in [0, 0.1) is 0 Å². The van der Waals surface area contributed by atoms with E-state index in [2.05, 4.69) is 4.72 Å². The standard InChI is InChI=1S/C12H14N2O3S/c13-18(16,17)14-8-12(15)11-6-5-9-3-1-2-4-10(9)7-11/h1-7,12,14-15H,8H2,(H2,13,16,17). The number of rotatable bonds is 4. The number of hydrogen-bond acceptors (Lipinski definition) is 3. The molecule has 0 aliphatic carbocycles. The van der Waals surface area contributed by atoms with Gasteiger partial charge < -0.3 is 5.11 Å². The van der Waals surface area contributed by atoms with Crippen LogP contribution in [0.25, 0.3) is 10.8 Å². The van der Waals surface area contributed by atoms with E-state index in [0.717, 1.165) is 10.8 Å². The quantitative estimate of drug-likeness (QED) is 0.759. The van der Waals surface area contributed by atoms with E-state index in [0.29, 0.717) is 5.56 Å². The van der Waals surface area contributed by atoms with Gasteiger partial charge in [-0.1, -0.05) is 36.4 Å². The first-order valence-corrected chi connectivity index (χ1v) is 6.94. The van der Waals surface area contributed by atoms with Crippen LogP contribution in [0.4, 0.5) is 0 Å². The molecule has 0 bridgehead atoms. The topological polar surface area (TPSA) is 92.4 Å². The highest BCUT2D eigenvalue weighted by Crippen LogP contribution is 2.20. The van der Waals surface area contributed by atoms with Gasteiger partial charge in [0.05, 0.1) is 6.10 Å². The third kappa shape index (κ3) is 3.27. The summed E-state index contributed by atoms with van der Waals surface area (Å²) in [7, 11) is -3.78. The monoisotopic (exact) mass is 266 g/mol. The fourth-order valence-corrected chi connectivity index (χ4v) is 2.12. The lowest BCUT2D eigenvalue weighted by Gasteiger charge is -2.11. The smallest absolute Gasteiger partial charge is 0.274 e. The molecule has 96 valence electrons. The van der Waals surface area contributed by atoms with Crippen molar-refractivity contribution in [2.45, 2.75) is 6.10 Å². The molecule has 2 rings (SSSR count). The lowest BCUT2D eigenvalue weighted by atomic mass is 10.0. The molecule has 0 aromatic heterocycles. The second-order valence-electron chi connectivity index (χ2n) is 4.02. The summed E-state index contributed by atoms with van der Waals surface area (Å²) in [4.78, 5) is 0. The summed E-state index contributed by atoms with van der Waals surface area (Å²) in [5.74, 6) is 0. The average molecular weight is 266 g/mol. The summed E-state index contributed by atoms with van der Waals surface area (Å²) in [6.45, 7) is -0.142. The molecule has 1 atom stereocenters. The summed E-state index contributed by atoms with van der Waals surface area (Å²) in [6, 6.07) is 13.2. The first-order valence-electron chi connectivity index (χ1n) is 5.40. The van der Waals surface area contributed by atoms with E-state index in [4.69, 9.17) is 5.14 Å². The van der Waals surface area contributed by atoms with Crippen molar-refractivity contribution in [3.05, 3.63) is 48.0 Å². The van der Waals surface area contributed by atoms with Crippen LogP contribution in [0.1, 0.15) is 11.7 Å². The van der Waals surface area contributed by atoms with Crippen molar-refractivity contribution in [1.29, 1.82) is 0 Å². The summed E-state index contributed by atoms with van der Waals surface area (Å²) >= 11 is 0. The molecule has 0 saturated heterocycles. The second kappa shape index (κ2) is 5.03. The van der Waals surface area contributed by atoms with E-state index in [9.17, 15) is 13.5 Å². The van der Waals surface area contributed by atoms with Gasteiger partial charge in [-0.3, -0.25) is 0 Å². The van der Waals surface area contributed by atoms with E-state index >= 15 is 0 Å². The average Bonchev–Trinajstić information content (AvgIpc) is 2.34. The molecular formula is C12H14N2O3S. The number of aliphatic hydroxyl groups is 1. The minimum absolute atomic E-state index is 0.142. The Labute approximate surface area is 105 Å². The molecule has 0 radical (unpaired) electrons. The molecule has 0 aliphatic rings. The molecule has 18 heavy (non-hydrogen) atoms. The van der Waals surface area contributed by atoms with E-state index in [1.807, 2.05) is 36.4 Å². The Hall–Kier alpha value is -1.47. The molecule has 6 heteroatoms. The first-order chi connectivity index (χ1) is 8.46. The number of hydrogen-bond donors (Lipinski definition) is 3. The van der Waals surface area contributed by atoms with Gasteiger partial charge in [0.15, 0.2) is 0 Å². The van der Waals surface area contributed by atoms with Crippen molar-refractivity contribution in [2.75, 3.05) is 6.54 Å². The van der Waals surface area contributed by atoms with E-state index in [-0.39, 0.29) is 6.54 Å². The highest BCUT2D eigenvalue weighted by molar-refractivity contribution is 7.87. The molecule has 0 heterocycles. The maximum Gasteiger partial charge on any atom is 0.274 e. The summed E-state index contributed by atoms with van der Waals surface area (Å²) in [5, 5.41) is 16.7. The zero-order chi connectivity index (χ0) is 13.2. The third-order valence-corrected chi connectivity index (χ3v) is 3.21. The fraction of sp³-hybridized carbons (Fsp3) is 0.167. The van der Waals surface area contributed by atoms with Gasteiger partial charge in [0.2, 0.25) is 0 Å². The zero-order valence-corrected chi connectivity index (χ0v) is 10.4. The summed E-state index contributed by atoms with van der Waals surface area (Å²) in [6.07, 6.45) is -0.923. The van der Waals surface area contributed by atoms with Crippen molar-refractivity contribution in [3.8, 4) is 0 Å². The molecule has 1 unspecified atom stereocenters. The number of nitrogens with two attached hydrogens (primary N) is 1. The van der Waals surface area contributed by atoms with Crippen molar-refractivity contribution >= 4 is 21.0 Å². The van der Waals surface area contributed by atoms with E-state index < -0.39 is 16.3 Å². The molecule has 2 aromatic rings. The van der Waals surface area contributed by atoms with Crippen LogP contribution in [-0.2, 0) is 10.2 Å². The van der Waals surface area contributed by atoms with Gasteiger partial charge >= 0.3 is 0 Å². The Morgan fingerprint density at radius 1 is 1.17 bits per heavy atom. The molecule has 0 aliphatic heterocycles. The second-order valence-corrected chi connectivity index (χ2v) is 5.39.